The molecule has 0 saturated carbocycles. The van der Waals surface area contributed by atoms with Crippen molar-refractivity contribution < 1.29 is 9.18 Å². The first-order chi connectivity index (χ1) is 9.43. The molecule has 1 amide bonds. The van der Waals surface area contributed by atoms with Crippen LogP contribution in [0.1, 0.15) is 25.0 Å². The maximum atomic E-state index is 13.5. The standard InChI is InChI=1S/C13H14Cl2FN3O/c1-3-17-12(20)6-19-11-4-8(15)9(16)5-10(11)18-13(19)7(2)14/h4-5,7H,3,6H2,1-2H3,(H,17,20). The van der Waals surface area contributed by atoms with E-state index in [0.29, 0.717) is 23.4 Å². The van der Waals surface area contributed by atoms with Gasteiger partial charge in [-0.25, -0.2) is 9.37 Å². The third-order valence-corrected chi connectivity index (χ3v) is 3.34. The zero-order valence-corrected chi connectivity index (χ0v) is 12.6. The van der Waals surface area contributed by atoms with E-state index in [4.69, 9.17) is 23.2 Å². The van der Waals surface area contributed by atoms with E-state index in [9.17, 15) is 9.18 Å². The molecular formula is C13H14Cl2FN3O. The minimum atomic E-state index is -0.546. The highest BCUT2D eigenvalue weighted by atomic mass is 35.5. The molecule has 1 N–H and O–H groups in total. The van der Waals surface area contributed by atoms with E-state index in [1.807, 2.05) is 6.92 Å². The molecule has 1 atom stereocenters. The highest BCUT2D eigenvalue weighted by Gasteiger charge is 2.18. The Morgan fingerprint density at radius 2 is 2.25 bits per heavy atom. The lowest BCUT2D eigenvalue weighted by Gasteiger charge is -2.10. The topological polar surface area (TPSA) is 46.9 Å². The molecule has 2 aromatic rings. The van der Waals surface area contributed by atoms with E-state index in [1.165, 1.54) is 12.1 Å². The molecule has 0 spiro atoms. The predicted octanol–water partition coefficient (Wildman–Crippen LogP) is 3.26. The molecule has 1 aromatic carbocycles. The van der Waals surface area contributed by atoms with E-state index < -0.39 is 11.2 Å². The average molecular weight is 318 g/mol. The number of amides is 1. The molecule has 0 aliphatic rings. The number of carbonyl (C=O) groups excluding carboxylic acids is 1. The van der Waals surface area contributed by atoms with Crippen molar-refractivity contribution in [2.24, 2.45) is 0 Å². The van der Waals surface area contributed by atoms with Gasteiger partial charge in [-0.15, -0.1) is 11.6 Å². The van der Waals surface area contributed by atoms with Crippen LogP contribution < -0.4 is 5.32 Å². The largest absolute Gasteiger partial charge is 0.355 e. The fourth-order valence-corrected chi connectivity index (χ4v) is 2.33. The van der Waals surface area contributed by atoms with Crippen molar-refractivity contribution >= 4 is 40.1 Å². The van der Waals surface area contributed by atoms with Crippen LogP contribution in [0.15, 0.2) is 12.1 Å². The number of nitrogens with one attached hydrogen (secondary N) is 1. The molecule has 1 heterocycles. The number of hydrogen-bond acceptors (Lipinski definition) is 2. The molecule has 4 nitrogen and oxygen atoms in total. The van der Waals surface area contributed by atoms with Crippen LogP contribution in [-0.4, -0.2) is 22.0 Å². The van der Waals surface area contributed by atoms with Gasteiger partial charge in [0.2, 0.25) is 5.91 Å². The molecule has 0 saturated heterocycles. The van der Waals surface area contributed by atoms with Crippen molar-refractivity contribution in [3.63, 3.8) is 0 Å². The number of benzene rings is 1. The van der Waals surface area contributed by atoms with Gasteiger partial charge in [0.15, 0.2) is 0 Å². The van der Waals surface area contributed by atoms with Crippen molar-refractivity contribution in [2.45, 2.75) is 25.8 Å². The minimum absolute atomic E-state index is 0.0108. The Morgan fingerprint density at radius 1 is 1.55 bits per heavy atom. The predicted molar refractivity (Wildman–Crippen MR) is 77.7 cm³/mol. The number of aromatic nitrogens is 2. The summed E-state index contributed by atoms with van der Waals surface area (Å²) in [7, 11) is 0. The number of nitrogens with zero attached hydrogens (tertiary/aromatic N) is 2. The molecule has 108 valence electrons. The highest BCUT2D eigenvalue weighted by molar-refractivity contribution is 6.31. The molecule has 0 aliphatic carbocycles. The van der Waals surface area contributed by atoms with Gasteiger partial charge in [-0.05, 0) is 19.9 Å². The molecule has 1 aromatic heterocycles. The van der Waals surface area contributed by atoms with E-state index in [1.54, 1.807) is 11.5 Å². The van der Waals surface area contributed by atoms with Crippen LogP contribution in [0.2, 0.25) is 5.02 Å². The second kappa shape index (κ2) is 5.97. The number of rotatable bonds is 4. The van der Waals surface area contributed by atoms with Gasteiger partial charge < -0.3 is 9.88 Å². The average Bonchev–Trinajstić information content (AvgIpc) is 2.69. The number of hydrogen-bond donors (Lipinski definition) is 1. The van der Waals surface area contributed by atoms with Gasteiger partial charge in [0.05, 0.1) is 21.4 Å². The van der Waals surface area contributed by atoms with E-state index in [0.717, 1.165) is 0 Å². The second-order valence-corrected chi connectivity index (χ2v) is 5.44. The molecule has 0 aliphatic heterocycles. The molecule has 20 heavy (non-hydrogen) atoms. The highest BCUT2D eigenvalue weighted by Crippen LogP contribution is 2.28. The lowest BCUT2D eigenvalue weighted by molar-refractivity contribution is -0.121. The maximum absolute atomic E-state index is 13.5. The number of imidazole rings is 1. The summed E-state index contributed by atoms with van der Waals surface area (Å²) in [4.78, 5) is 16.1. The molecule has 1 unspecified atom stereocenters. The summed E-state index contributed by atoms with van der Waals surface area (Å²) in [6.07, 6.45) is 0. The summed E-state index contributed by atoms with van der Waals surface area (Å²) < 4.78 is 15.1. The van der Waals surface area contributed by atoms with Crippen LogP contribution >= 0.6 is 23.2 Å². The van der Waals surface area contributed by atoms with Crippen molar-refractivity contribution in [2.75, 3.05) is 6.54 Å². The summed E-state index contributed by atoms with van der Waals surface area (Å²) in [5.41, 5.74) is 1.02. The third kappa shape index (κ3) is 2.88. The van der Waals surface area contributed by atoms with Crippen LogP contribution in [0.25, 0.3) is 11.0 Å². The number of fused-ring (bicyclic) bond motifs is 1. The van der Waals surface area contributed by atoms with Gasteiger partial charge in [0.1, 0.15) is 18.2 Å². The SMILES string of the molecule is CCNC(=O)Cn1c(C(C)Cl)nc2cc(F)c(Cl)cc21. The minimum Gasteiger partial charge on any atom is -0.355 e. The maximum Gasteiger partial charge on any atom is 0.239 e. The molecule has 0 bridgehead atoms. The van der Waals surface area contributed by atoms with Crippen LogP contribution in [0.5, 0.6) is 0 Å². The normalized spacial score (nSPS) is 12.7. The van der Waals surface area contributed by atoms with Gasteiger partial charge in [-0.1, -0.05) is 11.6 Å². The lowest BCUT2D eigenvalue weighted by Crippen LogP contribution is -2.27. The van der Waals surface area contributed by atoms with Gasteiger partial charge in [-0.3, -0.25) is 4.79 Å². The van der Waals surface area contributed by atoms with Crippen molar-refractivity contribution in [1.29, 1.82) is 0 Å². The van der Waals surface area contributed by atoms with Gasteiger partial charge in [0.25, 0.3) is 0 Å². The fraction of sp³-hybridized carbons (Fsp3) is 0.385. The van der Waals surface area contributed by atoms with Gasteiger partial charge >= 0.3 is 0 Å². The van der Waals surface area contributed by atoms with Crippen molar-refractivity contribution in [3.05, 3.63) is 28.8 Å². The number of likely N-dealkylation sites (N-methyl/N-ethyl adjacent to an activating group) is 1. The Morgan fingerprint density at radius 3 is 2.85 bits per heavy atom. The van der Waals surface area contributed by atoms with Gasteiger partial charge in [0, 0.05) is 12.6 Å². The Balaban J connectivity index is 2.56. The molecular weight excluding hydrogens is 304 g/mol. The lowest BCUT2D eigenvalue weighted by atomic mass is 10.3. The molecule has 2 rings (SSSR count). The van der Waals surface area contributed by atoms with Gasteiger partial charge in [-0.2, -0.15) is 0 Å². The Bertz CT molecular complexity index is 655. The first-order valence-electron chi connectivity index (χ1n) is 6.20. The summed E-state index contributed by atoms with van der Waals surface area (Å²) >= 11 is 11.9. The number of halogens is 3. The molecule has 0 radical (unpaired) electrons. The van der Waals surface area contributed by atoms with E-state index in [-0.39, 0.29) is 17.5 Å². The van der Waals surface area contributed by atoms with Crippen LogP contribution in [0.4, 0.5) is 4.39 Å². The zero-order valence-electron chi connectivity index (χ0n) is 11.1. The van der Waals surface area contributed by atoms with E-state index >= 15 is 0 Å². The second-order valence-electron chi connectivity index (χ2n) is 4.38. The molecule has 0 fully saturated rings. The Labute approximate surface area is 125 Å². The summed E-state index contributed by atoms with van der Waals surface area (Å²) in [6.45, 7) is 4.18. The third-order valence-electron chi connectivity index (χ3n) is 2.85. The summed E-state index contributed by atoms with van der Waals surface area (Å²) in [5, 5.41) is 2.29. The van der Waals surface area contributed by atoms with Crippen LogP contribution in [0.3, 0.4) is 0 Å². The molecule has 7 heteroatoms. The fourth-order valence-electron chi connectivity index (χ4n) is 2.01. The Kier molecular flexibility index (Phi) is 4.50. The first-order valence-corrected chi connectivity index (χ1v) is 7.01. The number of carbonyl (C=O) groups is 1. The monoisotopic (exact) mass is 317 g/mol. The van der Waals surface area contributed by atoms with Crippen LogP contribution in [0, 0.1) is 5.82 Å². The van der Waals surface area contributed by atoms with Crippen molar-refractivity contribution in [1.82, 2.24) is 14.9 Å². The van der Waals surface area contributed by atoms with Crippen LogP contribution in [-0.2, 0) is 11.3 Å². The smallest absolute Gasteiger partial charge is 0.239 e. The summed E-state index contributed by atoms with van der Waals surface area (Å²) in [6, 6.07) is 2.70. The van der Waals surface area contributed by atoms with E-state index in [2.05, 4.69) is 10.3 Å². The Hall–Kier alpha value is -1.33. The summed E-state index contributed by atoms with van der Waals surface area (Å²) in [5.74, 6) is -0.198. The quantitative estimate of drug-likeness (QED) is 0.880. The zero-order chi connectivity index (χ0) is 14.9. The van der Waals surface area contributed by atoms with Crippen molar-refractivity contribution in [3.8, 4) is 0 Å². The first kappa shape index (κ1) is 15.1. The number of alkyl halides is 1.